The molecule has 0 aromatic heterocycles. The normalized spacial score (nSPS) is 10.6. The van der Waals surface area contributed by atoms with Gasteiger partial charge < -0.3 is 15.0 Å². The first-order valence-electron chi connectivity index (χ1n) is 9.33. The first kappa shape index (κ1) is 20.9. The molecule has 3 aromatic carbocycles. The third-order valence-corrected chi connectivity index (χ3v) is 5.34. The van der Waals surface area contributed by atoms with Crippen LogP contribution in [0.3, 0.4) is 0 Å². The van der Waals surface area contributed by atoms with E-state index in [4.69, 9.17) is 4.74 Å². The Kier molecular flexibility index (Phi) is 6.88. The number of halogens is 1. The minimum absolute atomic E-state index is 0.0776. The number of fused-ring (bicyclic) bond motifs is 1. The minimum atomic E-state index is -0.244. The molecule has 3 rings (SSSR count). The zero-order valence-electron chi connectivity index (χ0n) is 16.4. The number of amides is 2. The van der Waals surface area contributed by atoms with E-state index in [2.05, 4.69) is 21.2 Å². The molecule has 0 aliphatic carbocycles. The number of rotatable bonds is 7. The van der Waals surface area contributed by atoms with Crippen molar-refractivity contribution >= 4 is 44.2 Å². The van der Waals surface area contributed by atoms with Crippen molar-refractivity contribution in [3.63, 3.8) is 0 Å². The van der Waals surface area contributed by atoms with Gasteiger partial charge in [0, 0.05) is 26.2 Å². The van der Waals surface area contributed by atoms with Gasteiger partial charge in [0.25, 0.3) is 5.91 Å². The molecule has 150 valence electrons. The highest BCUT2D eigenvalue weighted by atomic mass is 79.9. The van der Waals surface area contributed by atoms with Gasteiger partial charge >= 0.3 is 0 Å². The molecule has 0 saturated carbocycles. The highest BCUT2D eigenvalue weighted by Crippen LogP contribution is 2.33. The van der Waals surface area contributed by atoms with Gasteiger partial charge in [-0.3, -0.25) is 9.59 Å². The summed E-state index contributed by atoms with van der Waals surface area (Å²) in [6, 6.07) is 19.3. The van der Waals surface area contributed by atoms with E-state index >= 15 is 0 Å². The molecule has 0 atom stereocenters. The van der Waals surface area contributed by atoms with Gasteiger partial charge in [0.05, 0.1) is 4.47 Å². The van der Waals surface area contributed by atoms with E-state index in [0.717, 1.165) is 20.8 Å². The van der Waals surface area contributed by atoms with Crippen LogP contribution in [0.25, 0.3) is 10.8 Å². The fourth-order valence-electron chi connectivity index (χ4n) is 2.94. The van der Waals surface area contributed by atoms with Gasteiger partial charge in [-0.1, -0.05) is 42.5 Å². The van der Waals surface area contributed by atoms with Crippen LogP contribution in [0.2, 0.25) is 0 Å². The van der Waals surface area contributed by atoms with Gasteiger partial charge in [-0.05, 0) is 56.9 Å². The van der Waals surface area contributed by atoms with E-state index in [1.54, 1.807) is 19.0 Å². The molecule has 1 N–H and O–H groups in total. The van der Waals surface area contributed by atoms with Crippen LogP contribution in [-0.4, -0.2) is 37.4 Å². The molecule has 0 fully saturated rings. The third kappa shape index (κ3) is 5.57. The Morgan fingerprint density at radius 3 is 2.62 bits per heavy atom. The Hall–Kier alpha value is -2.86. The van der Waals surface area contributed by atoms with Crippen molar-refractivity contribution in [1.29, 1.82) is 0 Å². The lowest BCUT2D eigenvalue weighted by Crippen LogP contribution is -2.22. The minimum Gasteiger partial charge on any atom is -0.483 e. The molecule has 3 aromatic rings. The third-order valence-electron chi connectivity index (χ3n) is 4.52. The smallest absolute Gasteiger partial charge is 0.262 e. The molecule has 0 heterocycles. The number of hydrogen-bond acceptors (Lipinski definition) is 3. The van der Waals surface area contributed by atoms with Gasteiger partial charge in [0.2, 0.25) is 5.91 Å². The maximum absolute atomic E-state index is 12.3. The van der Waals surface area contributed by atoms with Crippen LogP contribution in [0, 0.1) is 0 Å². The summed E-state index contributed by atoms with van der Waals surface area (Å²) in [6.07, 6.45) is 1.06. The van der Waals surface area contributed by atoms with Gasteiger partial charge in [-0.15, -0.1) is 0 Å². The molecule has 5 nitrogen and oxygen atoms in total. The molecule has 0 spiro atoms. The Labute approximate surface area is 178 Å². The second-order valence-electron chi connectivity index (χ2n) is 6.92. The molecule has 29 heavy (non-hydrogen) atoms. The fraction of sp³-hybridized carbons (Fsp3) is 0.217. The second-order valence-corrected chi connectivity index (χ2v) is 7.72. The SMILES string of the molecule is CN(C)C(=O)CCc1cccc(NC(=O)COc2ccc3ccccc3c2Br)c1. The van der Waals surface area contributed by atoms with Gasteiger partial charge in [-0.2, -0.15) is 0 Å². The summed E-state index contributed by atoms with van der Waals surface area (Å²) < 4.78 is 6.53. The first-order valence-corrected chi connectivity index (χ1v) is 10.1. The second kappa shape index (κ2) is 9.56. The van der Waals surface area contributed by atoms with Crippen LogP contribution in [0.4, 0.5) is 5.69 Å². The molecular formula is C23H23BrN2O3. The number of nitrogens with zero attached hydrogens (tertiary/aromatic N) is 1. The van der Waals surface area contributed by atoms with E-state index in [0.29, 0.717) is 24.3 Å². The van der Waals surface area contributed by atoms with Crippen LogP contribution < -0.4 is 10.1 Å². The van der Waals surface area contributed by atoms with Crippen molar-refractivity contribution in [3.8, 4) is 5.75 Å². The zero-order valence-corrected chi connectivity index (χ0v) is 18.0. The van der Waals surface area contributed by atoms with Crippen molar-refractivity contribution in [2.75, 3.05) is 26.0 Å². The summed E-state index contributed by atoms with van der Waals surface area (Å²) in [6.45, 7) is -0.0969. The fourth-order valence-corrected chi connectivity index (χ4v) is 3.55. The Morgan fingerprint density at radius 1 is 1.03 bits per heavy atom. The molecule has 6 heteroatoms. The van der Waals surface area contributed by atoms with E-state index in [1.165, 1.54) is 0 Å². The average Bonchev–Trinajstić information content (AvgIpc) is 2.72. The number of ether oxygens (including phenoxy) is 1. The van der Waals surface area contributed by atoms with Crippen molar-refractivity contribution in [2.24, 2.45) is 0 Å². The summed E-state index contributed by atoms with van der Waals surface area (Å²) in [5.41, 5.74) is 1.68. The van der Waals surface area contributed by atoms with Gasteiger partial charge in [0.15, 0.2) is 6.61 Å². The van der Waals surface area contributed by atoms with Crippen LogP contribution in [-0.2, 0) is 16.0 Å². The number of benzene rings is 3. The summed E-state index contributed by atoms with van der Waals surface area (Å²) in [5, 5.41) is 4.98. The predicted molar refractivity (Wildman–Crippen MR) is 119 cm³/mol. The van der Waals surface area contributed by atoms with E-state index < -0.39 is 0 Å². The number of anilines is 1. The number of hydrogen-bond donors (Lipinski definition) is 1. The molecule has 0 bridgehead atoms. The lowest BCUT2D eigenvalue weighted by Gasteiger charge is -2.12. The van der Waals surface area contributed by atoms with E-state index in [-0.39, 0.29) is 18.4 Å². The number of aryl methyl sites for hydroxylation is 1. The molecule has 0 aliphatic rings. The van der Waals surface area contributed by atoms with Crippen molar-refractivity contribution in [3.05, 3.63) is 70.7 Å². The standard InChI is InChI=1S/C23H23BrN2O3/c1-26(2)22(28)13-10-16-6-5-8-18(14-16)25-21(27)15-29-20-12-11-17-7-3-4-9-19(17)23(20)24/h3-9,11-12,14H,10,13,15H2,1-2H3,(H,25,27). The largest absolute Gasteiger partial charge is 0.483 e. The maximum Gasteiger partial charge on any atom is 0.262 e. The summed E-state index contributed by atoms with van der Waals surface area (Å²) in [7, 11) is 3.49. The number of carbonyl (C=O) groups excluding carboxylic acids is 2. The molecular weight excluding hydrogens is 432 g/mol. The molecule has 0 radical (unpaired) electrons. The predicted octanol–water partition coefficient (Wildman–Crippen LogP) is 4.64. The Balaban J connectivity index is 1.58. The van der Waals surface area contributed by atoms with Crippen molar-refractivity contribution in [1.82, 2.24) is 4.90 Å². The van der Waals surface area contributed by atoms with Crippen molar-refractivity contribution in [2.45, 2.75) is 12.8 Å². The molecule has 2 amide bonds. The summed E-state index contributed by atoms with van der Waals surface area (Å²) >= 11 is 3.56. The topological polar surface area (TPSA) is 58.6 Å². The van der Waals surface area contributed by atoms with E-state index in [9.17, 15) is 9.59 Å². The van der Waals surface area contributed by atoms with Crippen LogP contribution in [0.1, 0.15) is 12.0 Å². The monoisotopic (exact) mass is 454 g/mol. The summed E-state index contributed by atoms with van der Waals surface area (Å²) in [4.78, 5) is 25.6. The molecule has 0 unspecified atom stereocenters. The Morgan fingerprint density at radius 2 is 1.83 bits per heavy atom. The first-order chi connectivity index (χ1) is 13.9. The zero-order chi connectivity index (χ0) is 20.8. The number of carbonyl (C=O) groups is 2. The van der Waals surface area contributed by atoms with Crippen LogP contribution in [0.15, 0.2) is 65.1 Å². The maximum atomic E-state index is 12.3. The number of nitrogens with one attached hydrogen (secondary N) is 1. The Bertz CT molecular complexity index is 1030. The molecule has 0 saturated heterocycles. The van der Waals surface area contributed by atoms with Crippen LogP contribution in [0.5, 0.6) is 5.75 Å². The lowest BCUT2D eigenvalue weighted by atomic mass is 10.1. The quantitative estimate of drug-likeness (QED) is 0.565. The van der Waals surface area contributed by atoms with E-state index in [1.807, 2.05) is 60.7 Å². The average molecular weight is 455 g/mol. The van der Waals surface area contributed by atoms with Gasteiger partial charge in [-0.25, -0.2) is 0 Å². The van der Waals surface area contributed by atoms with Gasteiger partial charge in [0.1, 0.15) is 5.75 Å². The molecule has 0 aliphatic heterocycles. The lowest BCUT2D eigenvalue weighted by molar-refractivity contribution is -0.128. The van der Waals surface area contributed by atoms with Crippen molar-refractivity contribution < 1.29 is 14.3 Å². The highest BCUT2D eigenvalue weighted by molar-refractivity contribution is 9.10. The summed E-state index contributed by atoms with van der Waals surface area (Å²) in [5.74, 6) is 0.454. The van der Waals surface area contributed by atoms with Crippen LogP contribution >= 0.6 is 15.9 Å². The highest BCUT2D eigenvalue weighted by Gasteiger charge is 2.10.